The molecule has 0 aliphatic rings. The quantitative estimate of drug-likeness (QED) is 0.648. The first kappa shape index (κ1) is 9.84. The van der Waals surface area contributed by atoms with Gasteiger partial charge in [0.1, 0.15) is 11.3 Å². The Labute approximate surface area is 98.1 Å². The van der Waals surface area contributed by atoms with E-state index in [1.165, 1.54) is 0 Å². The smallest absolute Gasteiger partial charge is 0.142 e. The van der Waals surface area contributed by atoms with Gasteiger partial charge in [0.2, 0.25) is 0 Å². The predicted octanol–water partition coefficient (Wildman–Crippen LogP) is 2.64. The molecule has 0 amide bonds. The van der Waals surface area contributed by atoms with E-state index in [-0.39, 0.29) is 0 Å². The Balaban J connectivity index is 2.23. The third-order valence-corrected chi connectivity index (χ3v) is 2.79. The fourth-order valence-electron chi connectivity index (χ4n) is 1.90. The van der Waals surface area contributed by atoms with Crippen molar-refractivity contribution in [3.63, 3.8) is 0 Å². The third kappa shape index (κ3) is 1.54. The Kier molecular flexibility index (Phi) is 2.08. The molecule has 0 aliphatic heterocycles. The zero-order valence-electron chi connectivity index (χ0n) is 9.33. The number of hydrogen-bond acceptors (Lipinski definition) is 3. The lowest BCUT2D eigenvalue weighted by molar-refractivity contribution is 0.191. The van der Waals surface area contributed by atoms with Crippen LogP contribution in [0.4, 0.5) is 0 Å². The Bertz CT molecular complexity index is 674. The number of rotatable bonds is 1. The second-order valence-corrected chi connectivity index (χ2v) is 3.92. The molecule has 2 heterocycles. The summed E-state index contributed by atoms with van der Waals surface area (Å²) in [7, 11) is 0. The molecular formula is C13H11N3O. The average Bonchev–Trinajstić information content (AvgIpc) is 2.66. The summed E-state index contributed by atoms with van der Waals surface area (Å²) in [6.07, 6.45) is 3.54. The molecule has 84 valence electrons. The number of benzene rings is 1. The molecular weight excluding hydrogens is 214 g/mol. The van der Waals surface area contributed by atoms with Crippen molar-refractivity contribution in [2.24, 2.45) is 0 Å². The monoisotopic (exact) mass is 225 g/mol. The summed E-state index contributed by atoms with van der Waals surface area (Å²) in [4.78, 5) is 8.33. The number of imidazole rings is 1. The zero-order chi connectivity index (χ0) is 11.8. The lowest BCUT2D eigenvalue weighted by Gasteiger charge is -2.01. The molecule has 1 N–H and O–H groups in total. The highest BCUT2D eigenvalue weighted by Crippen LogP contribution is 2.23. The summed E-state index contributed by atoms with van der Waals surface area (Å²) in [6, 6.07) is 9.66. The highest BCUT2D eigenvalue weighted by molar-refractivity contribution is 5.82. The van der Waals surface area contributed by atoms with Crippen molar-refractivity contribution in [2.45, 2.75) is 6.92 Å². The Morgan fingerprint density at radius 1 is 1.18 bits per heavy atom. The Morgan fingerprint density at radius 3 is 2.82 bits per heavy atom. The summed E-state index contributed by atoms with van der Waals surface area (Å²) in [5, 5.41) is 9.81. The molecule has 0 fully saturated rings. The fourth-order valence-corrected chi connectivity index (χ4v) is 1.90. The van der Waals surface area contributed by atoms with Crippen LogP contribution in [-0.4, -0.2) is 19.9 Å². The van der Waals surface area contributed by atoms with Gasteiger partial charge in [-0.3, -0.25) is 4.98 Å². The first-order valence-electron chi connectivity index (χ1n) is 5.34. The van der Waals surface area contributed by atoms with E-state index in [1.807, 2.05) is 30.3 Å². The summed E-state index contributed by atoms with van der Waals surface area (Å²) in [6.45, 7) is 1.77. The molecule has 0 aliphatic carbocycles. The second-order valence-electron chi connectivity index (χ2n) is 3.92. The fraction of sp³-hybridized carbons (Fsp3) is 0.0769. The number of aromatic nitrogens is 3. The van der Waals surface area contributed by atoms with Gasteiger partial charge in [-0.05, 0) is 30.7 Å². The van der Waals surface area contributed by atoms with Crippen molar-refractivity contribution in [1.29, 1.82) is 0 Å². The van der Waals surface area contributed by atoms with Gasteiger partial charge in [0, 0.05) is 18.0 Å². The summed E-state index contributed by atoms with van der Waals surface area (Å²) in [5.41, 5.74) is 3.54. The van der Waals surface area contributed by atoms with E-state index >= 15 is 0 Å². The molecule has 3 aromatic rings. The molecule has 1 aromatic carbocycles. The number of fused-ring (bicyclic) bond motifs is 1. The molecule has 3 rings (SSSR count). The largest absolute Gasteiger partial charge is 0.427 e. The van der Waals surface area contributed by atoms with Crippen molar-refractivity contribution >= 4 is 11.0 Å². The van der Waals surface area contributed by atoms with Crippen LogP contribution in [-0.2, 0) is 0 Å². The highest BCUT2D eigenvalue weighted by Gasteiger charge is 2.07. The third-order valence-electron chi connectivity index (χ3n) is 2.79. The van der Waals surface area contributed by atoms with Gasteiger partial charge in [-0.2, -0.15) is 4.73 Å². The van der Waals surface area contributed by atoms with Crippen molar-refractivity contribution in [2.75, 3.05) is 0 Å². The minimum Gasteiger partial charge on any atom is -0.427 e. The standard InChI is InChI=1S/C13H11N3O/c1-9-15-12-5-4-10(7-13(12)16(9)17)11-3-2-6-14-8-11/h2-8,17H,1H3. The maximum Gasteiger partial charge on any atom is 0.142 e. The van der Waals surface area contributed by atoms with Gasteiger partial charge in [0.05, 0.1) is 5.52 Å². The number of aryl methyl sites for hydroxylation is 1. The van der Waals surface area contributed by atoms with E-state index < -0.39 is 0 Å². The number of pyridine rings is 1. The molecule has 0 radical (unpaired) electrons. The van der Waals surface area contributed by atoms with E-state index in [9.17, 15) is 5.21 Å². The maximum absolute atomic E-state index is 9.81. The molecule has 0 unspecified atom stereocenters. The van der Waals surface area contributed by atoms with Gasteiger partial charge in [-0.15, -0.1) is 0 Å². The normalized spacial score (nSPS) is 10.9. The highest BCUT2D eigenvalue weighted by atomic mass is 16.5. The van der Waals surface area contributed by atoms with E-state index in [0.29, 0.717) is 11.3 Å². The molecule has 0 atom stereocenters. The van der Waals surface area contributed by atoms with Crippen LogP contribution in [0, 0.1) is 6.92 Å². The molecule has 2 aromatic heterocycles. The van der Waals surface area contributed by atoms with Crippen LogP contribution in [0.2, 0.25) is 0 Å². The number of hydrogen-bond donors (Lipinski definition) is 1. The zero-order valence-corrected chi connectivity index (χ0v) is 9.33. The van der Waals surface area contributed by atoms with Crippen LogP contribution < -0.4 is 0 Å². The van der Waals surface area contributed by atoms with Crippen LogP contribution in [0.25, 0.3) is 22.2 Å². The predicted molar refractivity (Wildman–Crippen MR) is 64.9 cm³/mol. The summed E-state index contributed by atoms with van der Waals surface area (Å²) in [5.74, 6) is 0.586. The minimum atomic E-state index is 0.586. The van der Waals surface area contributed by atoms with Crippen LogP contribution in [0.3, 0.4) is 0 Å². The summed E-state index contributed by atoms with van der Waals surface area (Å²) >= 11 is 0. The van der Waals surface area contributed by atoms with Gasteiger partial charge in [0.25, 0.3) is 0 Å². The van der Waals surface area contributed by atoms with E-state index in [0.717, 1.165) is 21.4 Å². The van der Waals surface area contributed by atoms with Gasteiger partial charge in [-0.25, -0.2) is 4.98 Å². The van der Waals surface area contributed by atoms with Crippen LogP contribution in [0.1, 0.15) is 5.82 Å². The molecule has 0 saturated heterocycles. The topological polar surface area (TPSA) is 50.9 Å². The van der Waals surface area contributed by atoms with Crippen molar-refractivity contribution in [3.8, 4) is 11.1 Å². The van der Waals surface area contributed by atoms with E-state index in [4.69, 9.17) is 0 Å². The van der Waals surface area contributed by atoms with Gasteiger partial charge in [0.15, 0.2) is 0 Å². The van der Waals surface area contributed by atoms with Crippen molar-refractivity contribution in [3.05, 3.63) is 48.5 Å². The first-order valence-corrected chi connectivity index (χ1v) is 5.34. The lowest BCUT2D eigenvalue weighted by Crippen LogP contribution is -1.92. The first-order chi connectivity index (χ1) is 8.25. The Hall–Kier alpha value is -2.36. The van der Waals surface area contributed by atoms with Crippen LogP contribution in [0.15, 0.2) is 42.7 Å². The Morgan fingerprint density at radius 2 is 2.06 bits per heavy atom. The minimum absolute atomic E-state index is 0.586. The molecule has 17 heavy (non-hydrogen) atoms. The summed E-state index contributed by atoms with van der Waals surface area (Å²) < 4.78 is 1.11. The second kappa shape index (κ2) is 3.59. The van der Waals surface area contributed by atoms with E-state index in [2.05, 4.69) is 9.97 Å². The number of nitrogens with zero attached hydrogens (tertiary/aromatic N) is 3. The van der Waals surface area contributed by atoms with Gasteiger partial charge in [-0.1, -0.05) is 12.1 Å². The molecule has 4 nitrogen and oxygen atoms in total. The van der Waals surface area contributed by atoms with Gasteiger partial charge >= 0.3 is 0 Å². The van der Waals surface area contributed by atoms with Crippen molar-refractivity contribution in [1.82, 2.24) is 14.7 Å². The lowest BCUT2D eigenvalue weighted by atomic mass is 10.1. The molecule has 0 saturated carbocycles. The van der Waals surface area contributed by atoms with E-state index in [1.54, 1.807) is 19.3 Å². The molecule has 0 spiro atoms. The van der Waals surface area contributed by atoms with Crippen LogP contribution in [0.5, 0.6) is 0 Å². The maximum atomic E-state index is 9.81. The molecule has 0 bridgehead atoms. The van der Waals surface area contributed by atoms with Crippen LogP contribution >= 0.6 is 0 Å². The average molecular weight is 225 g/mol. The van der Waals surface area contributed by atoms with Gasteiger partial charge < -0.3 is 5.21 Å². The molecule has 4 heteroatoms. The SMILES string of the molecule is Cc1nc2ccc(-c3cccnc3)cc2n1O. The van der Waals surface area contributed by atoms with Crippen molar-refractivity contribution < 1.29 is 5.21 Å².